The van der Waals surface area contributed by atoms with Gasteiger partial charge in [-0.1, -0.05) is 72.3 Å². The number of phenols is 1. The Hall–Kier alpha value is -1.94. The number of rotatable bonds is 7. The molecule has 1 atom stereocenters. The summed E-state index contributed by atoms with van der Waals surface area (Å²) in [7, 11) is 0. The highest BCUT2D eigenvalue weighted by molar-refractivity contribution is 7.98. The lowest BCUT2D eigenvalue weighted by Crippen LogP contribution is -2.02. The Balaban J connectivity index is 1.76. The summed E-state index contributed by atoms with van der Waals surface area (Å²) in [6.07, 6.45) is -0.182. The highest BCUT2D eigenvalue weighted by atomic mass is 35.5. The van der Waals surface area contributed by atoms with Crippen molar-refractivity contribution in [3.8, 4) is 5.75 Å². The van der Waals surface area contributed by atoms with E-state index in [2.05, 4.69) is 12.1 Å². The van der Waals surface area contributed by atoms with Crippen molar-refractivity contribution in [1.82, 2.24) is 0 Å². The molecule has 0 aromatic heterocycles. The molecular weight excluding hydrogens is 364 g/mol. The Morgan fingerprint density at radius 3 is 2.23 bits per heavy atom. The highest BCUT2D eigenvalue weighted by Crippen LogP contribution is 2.40. The first-order valence-corrected chi connectivity index (χ1v) is 9.84. The van der Waals surface area contributed by atoms with Crippen LogP contribution in [0.5, 0.6) is 5.75 Å². The van der Waals surface area contributed by atoms with Crippen LogP contribution in [0.2, 0.25) is 5.02 Å². The predicted octanol–water partition coefficient (Wildman–Crippen LogP) is 6.62. The van der Waals surface area contributed by atoms with E-state index in [0.717, 1.165) is 21.8 Å². The minimum Gasteiger partial charge on any atom is -0.507 e. The van der Waals surface area contributed by atoms with Gasteiger partial charge in [-0.3, -0.25) is 0 Å². The second-order valence-corrected chi connectivity index (χ2v) is 7.48. The van der Waals surface area contributed by atoms with Gasteiger partial charge >= 0.3 is 0 Å². The first-order chi connectivity index (χ1) is 12.6. The summed E-state index contributed by atoms with van der Waals surface area (Å²) in [5.41, 5.74) is 3.23. The van der Waals surface area contributed by atoms with E-state index >= 15 is 0 Å². The van der Waals surface area contributed by atoms with E-state index in [0.29, 0.717) is 11.6 Å². The van der Waals surface area contributed by atoms with Gasteiger partial charge in [-0.15, -0.1) is 11.8 Å². The van der Waals surface area contributed by atoms with Gasteiger partial charge in [-0.05, 0) is 35.7 Å². The third-order valence-corrected chi connectivity index (χ3v) is 5.50. The second kappa shape index (κ2) is 9.13. The smallest absolute Gasteiger partial charge is 0.131 e. The molecule has 0 bridgehead atoms. The molecular formula is C22H21ClO2S. The van der Waals surface area contributed by atoms with Gasteiger partial charge < -0.3 is 9.84 Å². The monoisotopic (exact) mass is 384 g/mol. The molecule has 0 heterocycles. The zero-order chi connectivity index (χ0) is 18.4. The standard InChI is InChI=1S/C22H21ClO2S/c1-16(25-14-17-8-4-2-5-9-17)20-12-19(23)13-21(24)22(20)26-15-18-10-6-3-7-11-18/h2-13,16,24H,14-15H2,1H3. The third kappa shape index (κ3) is 5.04. The summed E-state index contributed by atoms with van der Waals surface area (Å²) < 4.78 is 6.03. The third-order valence-electron chi connectivity index (χ3n) is 4.07. The number of benzene rings is 3. The molecule has 0 aliphatic heterocycles. The molecule has 0 spiro atoms. The van der Waals surface area contributed by atoms with Crippen molar-refractivity contribution in [1.29, 1.82) is 0 Å². The molecule has 0 amide bonds. The van der Waals surface area contributed by atoms with Gasteiger partial charge in [0, 0.05) is 10.8 Å². The zero-order valence-corrected chi connectivity index (χ0v) is 16.1. The van der Waals surface area contributed by atoms with E-state index in [1.807, 2.05) is 61.5 Å². The summed E-state index contributed by atoms with van der Waals surface area (Å²) in [6, 6.07) is 23.7. The zero-order valence-electron chi connectivity index (χ0n) is 14.6. The van der Waals surface area contributed by atoms with Crippen LogP contribution in [-0.2, 0) is 17.1 Å². The van der Waals surface area contributed by atoms with Gasteiger partial charge in [0.15, 0.2) is 0 Å². The lowest BCUT2D eigenvalue weighted by atomic mass is 10.1. The van der Waals surface area contributed by atoms with Crippen molar-refractivity contribution in [3.63, 3.8) is 0 Å². The van der Waals surface area contributed by atoms with Gasteiger partial charge in [-0.25, -0.2) is 0 Å². The molecule has 3 aromatic rings. The average Bonchev–Trinajstić information content (AvgIpc) is 2.66. The Bertz CT molecular complexity index is 838. The van der Waals surface area contributed by atoms with Gasteiger partial charge in [0.05, 0.1) is 17.6 Å². The summed E-state index contributed by atoms with van der Waals surface area (Å²) in [5.74, 6) is 0.970. The van der Waals surface area contributed by atoms with Crippen molar-refractivity contribution in [2.75, 3.05) is 0 Å². The maximum Gasteiger partial charge on any atom is 0.131 e. The minimum atomic E-state index is -0.182. The van der Waals surface area contributed by atoms with Crippen LogP contribution in [0.3, 0.4) is 0 Å². The van der Waals surface area contributed by atoms with Crippen LogP contribution < -0.4 is 0 Å². The van der Waals surface area contributed by atoms with E-state index in [4.69, 9.17) is 16.3 Å². The van der Waals surface area contributed by atoms with Crippen LogP contribution in [-0.4, -0.2) is 5.11 Å². The average molecular weight is 385 g/mol. The molecule has 1 unspecified atom stereocenters. The molecule has 3 rings (SSSR count). The van der Waals surface area contributed by atoms with Gasteiger partial charge in [0.1, 0.15) is 5.75 Å². The number of aromatic hydroxyl groups is 1. The van der Waals surface area contributed by atoms with Crippen LogP contribution in [0.15, 0.2) is 77.7 Å². The van der Waals surface area contributed by atoms with Gasteiger partial charge in [0.25, 0.3) is 0 Å². The van der Waals surface area contributed by atoms with Crippen molar-refractivity contribution in [2.24, 2.45) is 0 Å². The lowest BCUT2D eigenvalue weighted by Gasteiger charge is -2.19. The van der Waals surface area contributed by atoms with Crippen LogP contribution in [0.4, 0.5) is 0 Å². The molecule has 4 heteroatoms. The van der Waals surface area contributed by atoms with Crippen molar-refractivity contribution in [2.45, 2.75) is 30.3 Å². The number of halogens is 1. The van der Waals surface area contributed by atoms with Crippen molar-refractivity contribution >= 4 is 23.4 Å². The summed E-state index contributed by atoms with van der Waals surface area (Å²) in [6.45, 7) is 2.50. The number of phenolic OH excluding ortho intramolecular Hbond substituents is 1. The Labute approximate surface area is 163 Å². The summed E-state index contributed by atoms with van der Waals surface area (Å²) in [5, 5.41) is 10.9. The highest BCUT2D eigenvalue weighted by Gasteiger charge is 2.17. The number of hydrogen-bond acceptors (Lipinski definition) is 3. The van der Waals surface area contributed by atoms with Crippen LogP contribution in [0, 0.1) is 0 Å². The van der Waals surface area contributed by atoms with E-state index in [-0.39, 0.29) is 11.9 Å². The first-order valence-electron chi connectivity index (χ1n) is 8.48. The number of ether oxygens (including phenoxy) is 1. The lowest BCUT2D eigenvalue weighted by molar-refractivity contribution is 0.0506. The molecule has 3 aromatic carbocycles. The predicted molar refractivity (Wildman–Crippen MR) is 109 cm³/mol. The van der Waals surface area contributed by atoms with Crippen LogP contribution in [0.1, 0.15) is 29.7 Å². The fraction of sp³-hybridized carbons (Fsp3) is 0.182. The quantitative estimate of drug-likeness (QED) is 0.464. The van der Waals surface area contributed by atoms with E-state index in [9.17, 15) is 5.11 Å². The van der Waals surface area contributed by atoms with Gasteiger partial charge in [-0.2, -0.15) is 0 Å². The van der Waals surface area contributed by atoms with Crippen LogP contribution in [0.25, 0.3) is 0 Å². The molecule has 0 aliphatic rings. The number of hydrogen-bond donors (Lipinski definition) is 1. The SMILES string of the molecule is CC(OCc1ccccc1)c1cc(Cl)cc(O)c1SCc1ccccc1. The van der Waals surface area contributed by atoms with Crippen molar-refractivity contribution < 1.29 is 9.84 Å². The Morgan fingerprint density at radius 1 is 0.962 bits per heavy atom. The maximum absolute atomic E-state index is 10.4. The van der Waals surface area contributed by atoms with E-state index in [1.165, 1.54) is 5.56 Å². The van der Waals surface area contributed by atoms with E-state index < -0.39 is 0 Å². The molecule has 0 fully saturated rings. The van der Waals surface area contributed by atoms with E-state index in [1.54, 1.807) is 17.8 Å². The second-order valence-electron chi connectivity index (χ2n) is 6.06. The molecule has 1 N–H and O–H groups in total. The first kappa shape index (κ1) is 18.8. The number of thioether (sulfide) groups is 1. The maximum atomic E-state index is 10.4. The molecule has 0 saturated carbocycles. The molecule has 134 valence electrons. The largest absolute Gasteiger partial charge is 0.507 e. The molecule has 26 heavy (non-hydrogen) atoms. The molecule has 2 nitrogen and oxygen atoms in total. The Morgan fingerprint density at radius 2 is 1.58 bits per heavy atom. The Kier molecular flexibility index (Phi) is 6.62. The molecule has 0 radical (unpaired) electrons. The fourth-order valence-electron chi connectivity index (χ4n) is 2.67. The van der Waals surface area contributed by atoms with Crippen molar-refractivity contribution in [3.05, 3.63) is 94.5 Å². The fourth-order valence-corrected chi connectivity index (χ4v) is 4.00. The minimum absolute atomic E-state index is 0.182. The topological polar surface area (TPSA) is 29.5 Å². The van der Waals surface area contributed by atoms with Gasteiger partial charge in [0.2, 0.25) is 0 Å². The normalized spacial score (nSPS) is 12.1. The molecule has 0 aliphatic carbocycles. The molecule has 0 saturated heterocycles. The van der Waals surface area contributed by atoms with Crippen LogP contribution >= 0.6 is 23.4 Å². The summed E-state index contributed by atoms with van der Waals surface area (Å²) in [4.78, 5) is 0.818. The summed E-state index contributed by atoms with van der Waals surface area (Å²) >= 11 is 7.77.